The van der Waals surface area contributed by atoms with Gasteiger partial charge in [0.25, 0.3) is 0 Å². The summed E-state index contributed by atoms with van der Waals surface area (Å²) >= 11 is 0. The number of benzene rings is 1. The Balaban J connectivity index is 1.43. The number of anilines is 1. The molecular weight excluding hydrogens is 372 g/mol. The molecule has 8 nitrogen and oxygen atoms in total. The third kappa shape index (κ3) is 6.10. The van der Waals surface area contributed by atoms with Crippen molar-refractivity contribution in [3.63, 3.8) is 0 Å². The molecule has 1 fully saturated rings. The monoisotopic (exact) mass is 398 g/mol. The number of likely N-dealkylation sites (tertiary alicyclic amines) is 1. The Hall–Kier alpha value is -3.29. The van der Waals surface area contributed by atoms with Crippen LogP contribution in [-0.4, -0.2) is 42.4 Å². The second-order valence-corrected chi connectivity index (χ2v) is 7.16. The van der Waals surface area contributed by atoms with E-state index in [0.29, 0.717) is 25.3 Å². The summed E-state index contributed by atoms with van der Waals surface area (Å²) in [6, 6.07) is 10.9. The molecule has 0 aliphatic carbocycles. The first-order valence-electron chi connectivity index (χ1n) is 9.70. The van der Waals surface area contributed by atoms with E-state index in [9.17, 15) is 14.4 Å². The van der Waals surface area contributed by atoms with Gasteiger partial charge in [-0.2, -0.15) is 0 Å². The van der Waals surface area contributed by atoms with E-state index in [-0.39, 0.29) is 36.9 Å². The molecule has 3 N–H and O–H groups in total. The van der Waals surface area contributed by atoms with Crippen molar-refractivity contribution in [3.05, 3.63) is 54.0 Å². The maximum atomic E-state index is 12.5. The molecule has 4 amide bonds. The molecule has 0 bridgehead atoms. The number of nitrogens with zero attached hydrogens (tertiary/aromatic N) is 1. The lowest BCUT2D eigenvalue weighted by Gasteiger charge is -2.32. The lowest BCUT2D eigenvalue weighted by molar-refractivity contribution is -0.129. The highest BCUT2D eigenvalue weighted by molar-refractivity contribution is 5.90. The Bertz CT molecular complexity index is 850. The van der Waals surface area contributed by atoms with Crippen molar-refractivity contribution in [3.8, 4) is 0 Å². The van der Waals surface area contributed by atoms with Crippen molar-refractivity contribution in [2.24, 2.45) is 5.92 Å². The lowest BCUT2D eigenvalue weighted by atomic mass is 9.97. The fourth-order valence-corrected chi connectivity index (χ4v) is 3.27. The topological polar surface area (TPSA) is 104 Å². The van der Waals surface area contributed by atoms with Crippen LogP contribution >= 0.6 is 0 Å². The summed E-state index contributed by atoms with van der Waals surface area (Å²) in [5.41, 5.74) is 1.79. The fourth-order valence-electron chi connectivity index (χ4n) is 3.27. The van der Waals surface area contributed by atoms with Gasteiger partial charge in [0.05, 0.1) is 25.3 Å². The number of furan rings is 1. The Morgan fingerprint density at radius 2 is 2.03 bits per heavy atom. The molecule has 0 saturated carbocycles. The first-order chi connectivity index (χ1) is 14.0. The van der Waals surface area contributed by atoms with Gasteiger partial charge in [0.15, 0.2) is 0 Å². The standard InChI is InChI=1S/C21H26N4O4/c1-15-5-2-7-17(11-15)24-21(28)25-9-3-6-16(14-25)20(27)23-13-19(26)22-12-18-8-4-10-29-18/h2,4-5,7-8,10-11,16H,3,6,9,12-14H2,1H3,(H,22,26)(H,23,27)(H,24,28). The van der Waals surface area contributed by atoms with Gasteiger partial charge < -0.3 is 25.3 Å². The highest BCUT2D eigenvalue weighted by Gasteiger charge is 2.28. The SMILES string of the molecule is Cc1cccc(NC(=O)N2CCCC(C(=O)NCC(=O)NCc3ccco3)C2)c1. The summed E-state index contributed by atoms with van der Waals surface area (Å²) in [7, 11) is 0. The zero-order valence-electron chi connectivity index (χ0n) is 16.4. The minimum atomic E-state index is -0.329. The summed E-state index contributed by atoms with van der Waals surface area (Å²) in [6.45, 7) is 3.06. The zero-order chi connectivity index (χ0) is 20.6. The average molecular weight is 398 g/mol. The molecule has 2 aromatic rings. The van der Waals surface area contributed by atoms with Gasteiger partial charge in [0.1, 0.15) is 5.76 Å². The molecule has 2 heterocycles. The second-order valence-electron chi connectivity index (χ2n) is 7.16. The van der Waals surface area contributed by atoms with Gasteiger partial charge in [-0.15, -0.1) is 0 Å². The number of carbonyl (C=O) groups excluding carboxylic acids is 3. The van der Waals surface area contributed by atoms with Crippen LogP contribution in [0.3, 0.4) is 0 Å². The number of piperidine rings is 1. The Morgan fingerprint density at radius 1 is 1.17 bits per heavy atom. The minimum absolute atomic E-state index is 0.106. The summed E-state index contributed by atoms with van der Waals surface area (Å²) in [5.74, 6) is -0.192. The third-order valence-electron chi connectivity index (χ3n) is 4.81. The van der Waals surface area contributed by atoms with Crippen LogP contribution in [0.5, 0.6) is 0 Å². The normalized spacial score (nSPS) is 16.2. The van der Waals surface area contributed by atoms with E-state index >= 15 is 0 Å². The van der Waals surface area contributed by atoms with Gasteiger partial charge in [0, 0.05) is 18.8 Å². The van der Waals surface area contributed by atoms with Gasteiger partial charge in [0.2, 0.25) is 11.8 Å². The van der Waals surface area contributed by atoms with E-state index in [1.807, 2.05) is 31.2 Å². The van der Waals surface area contributed by atoms with Crippen molar-refractivity contribution >= 4 is 23.5 Å². The summed E-state index contributed by atoms with van der Waals surface area (Å²) in [6.07, 6.45) is 2.96. The van der Waals surface area contributed by atoms with Crippen molar-refractivity contribution in [1.29, 1.82) is 0 Å². The van der Waals surface area contributed by atoms with Gasteiger partial charge in [-0.1, -0.05) is 12.1 Å². The fraction of sp³-hybridized carbons (Fsp3) is 0.381. The van der Waals surface area contributed by atoms with Crippen LogP contribution < -0.4 is 16.0 Å². The van der Waals surface area contributed by atoms with Gasteiger partial charge in [-0.3, -0.25) is 9.59 Å². The predicted octanol–water partition coefficient (Wildman–Crippen LogP) is 2.26. The number of nitrogens with one attached hydrogen (secondary N) is 3. The third-order valence-corrected chi connectivity index (χ3v) is 4.81. The largest absolute Gasteiger partial charge is 0.467 e. The molecule has 8 heteroatoms. The zero-order valence-corrected chi connectivity index (χ0v) is 16.4. The highest BCUT2D eigenvalue weighted by atomic mass is 16.3. The number of urea groups is 1. The van der Waals surface area contributed by atoms with E-state index in [1.165, 1.54) is 6.26 Å². The van der Waals surface area contributed by atoms with Crippen LogP contribution in [0, 0.1) is 12.8 Å². The van der Waals surface area contributed by atoms with Gasteiger partial charge >= 0.3 is 6.03 Å². The predicted molar refractivity (Wildman–Crippen MR) is 108 cm³/mol. The van der Waals surface area contributed by atoms with E-state index in [2.05, 4.69) is 16.0 Å². The van der Waals surface area contributed by atoms with E-state index in [0.717, 1.165) is 17.7 Å². The van der Waals surface area contributed by atoms with E-state index < -0.39 is 0 Å². The number of amides is 4. The van der Waals surface area contributed by atoms with Crippen LogP contribution in [0.4, 0.5) is 10.5 Å². The van der Waals surface area contributed by atoms with Crippen molar-refractivity contribution in [2.75, 3.05) is 25.0 Å². The molecule has 1 atom stereocenters. The van der Waals surface area contributed by atoms with Crippen LogP contribution in [0.15, 0.2) is 47.1 Å². The highest BCUT2D eigenvalue weighted by Crippen LogP contribution is 2.18. The van der Waals surface area contributed by atoms with E-state index in [1.54, 1.807) is 17.0 Å². The number of carbonyl (C=O) groups is 3. The summed E-state index contributed by atoms with van der Waals surface area (Å²) < 4.78 is 5.14. The Labute approximate surface area is 169 Å². The number of hydrogen-bond acceptors (Lipinski definition) is 4. The molecule has 0 radical (unpaired) electrons. The van der Waals surface area contributed by atoms with Crippen LogP contribution in [0.25, 0.3) is 0 Å². The van der Waals surface area contributed by atoms with Crippen LogP contribution in [-0.2, 0) is 16.1 Å². The Morgan fingerprint density at radius 3 is 2.79 bits per heavy atom. The summed E-state index contributed by atoms with van der Waals surface area (Å²) in [4.78, 5) is 38.5. The molecule has 29 heavy (non-hydrogen) atoms. The quantitative estimate of drug-likeness (QED) is 0.694. The molecule has 1 aliphatic rings. The molecule has 1 aromatic carbocycles. The molecule has 154 valence electrons. The van der Waals surface area contributed by atoms with Crippen LogP contribution in [0.1, 0.15) is 24.2 Å². The minimum Gasteiger partial charge on any atom is -0.467 e. The van der Waals surface area contributed by atoms with E-state index in [4.69, 9.17) is 4.42 Å². The number of aryl methyl sites for hydroxylation is 1. The maximum Gasteiger partial charge on any atom is 0.321 e. The first-order valence-corrected chi connectivity index (χ1v) is 9.70. The Kier molecular flexibility index (Phi) is 6.89. The lowest BCUT2D eigenvalue weighted by Crippen LogP contribution is -2.48. The molecule has 1 unspecified atom stereocenters. The average Bonchev–Trinajstić information content (AvgIpc) is 3.24. The molecule has 3 rings (SSSR count). The number of rotatable bonds is 6. The molecule has 1 aliphatic heterocycles. The molecule has 0 spiro atoms. The maximum absolute atomic E-state index is 12.5. The molecule has 1 aromatic heterocycles. The van der Waals surface area contributed by atoms with Crippen molar-refractivity contribution in [2.45, 2.75) is 26.3 Å². The van der Waals surface area contributed by atoms with Crippen molar-refractivity contribution in [1.82, 2.24) is 15.5 Å². The first kappa shape index (κ1) is 20.4. The number of hydrogen-bond donors (Lipinski definition) is 3. The van der Waals surface area contributed by atoms with Crippen LogP contribution in [0.2, 0.25) is 0 Å². The second kappa shape index (κ2) is 9.77. The molecular formula is C21H26N4O4. The van der Waals surface area contributed by atoms with Gasteiger partial charge in [-0.25, -0.2) is 4.79 Å². The van der Waals surface area contributed by atoms with Gasteiger partial charge in [-0.05, 0) is 49.6 Å². The summed E-state index contributed by atoms with van der Waals surface area (Å²) in [5, 5.41) is 8.21. The smallest absolute Gasteiger partial charge is 0.321 e. The van der Waals surface area contributed by atoms with Crippen molar-refractivity contribution < 1.29 is 18.8 Å². The molecule has 1 saturated heterocycles.